The SMILES string of the molecule is COc1ccc(Br)cc1S(=O)(=O)N1C(C)CCCC1C. The Balaban J connectivity index is 2.51. The van der Waals surface area contributed by atoms with E-state index in [4.69, 9.17) is 4.74 Å². The lowest BCUT2D eigenvalue weighted by Gasteiger charge is -2.37. The number of methoxy groups -OCH3 is 1. The number of hydrogen-bond donors (Lipinski definition) is 0. The highest BCUT2D eigenvalue weighted by Crippen LogP contribution is 2.34. The fourth-order valence-corrected chi connectivity index (χ4v) is 5.42. The number of piperidine rings is 1. The second kappa shape index (κ2) is 6.03. The highest BCUT2D eigenvalue weighted by Gasteiger charge is 2.37. The molecule has 6 heteroatoms. The van der Waals surface area contributed by atoms with E-state index in [1.165, 1.54) is 7.11 Å². The largest absolute Gasteiger partial charge is 0.495 e. The Kier molecular flexibility index (Phi) is 4.76. The van der Waals surface area contributed by atoms with Crippen molar-refractivity contribution in [3.8, 4) is 5.75 Å². The van der Waals surface area contributed by atoms with Gasteiger partial charge in [0.2, 0.25) is 10.0 Å². The lowest BCUT2D eigenvalue weighted by molar-refractivity contribution is 0.203. The first-order chi connectivity index (χ1) is 9.37. The fourth-order valence-electron chi connectivity index (χ4n) is 2.84. The molecule has 1 heterocycles. The van der Waals surface area contributed by atoms with Crippen LogP contribution in [0.1, 0.15) is 33.1 Å². The van der Waals surface area contributed by atoms with Crippen LogP contribution >= 0.6 is 15.9 Å². The molecule has 112 valence electrons. The summed E-state index contributed by atoms with van der Waals surface area (Å²) in [5.41, 5.74) is 0. The third-order valence-corrected chi connectivity index (χ3v) is 6.44. The van der Waals surface area contributed by atoms with E-state index in [1.807, 2.05) is 13.8 Å². The van der Waals surface area contributed by atoms with Gasteiger partial charge in [-0.1, -0.05) is 22.4 Å². The summed E-state index contributed by atoms with van der Waals surface area (Å²) in [6.45, 7) is 3.94. The summed E-state index contributed by atoms with van der Waals surface area (Å²) in [6.07, 6.45) is 2.88. The van der Waals surface area contributed by atoms with Gasteiger partial charge in [-0.05, 0) is 44.9 Å². The van der Waals surface area contributed by atoms with Crippen molar-refractivity contribution in [2.75, 3.05) is 7.11 Å². The fraction of sp³-hybridized carbons (Fsp3) is 0.571. The standard InChI is InChI=1S/C14H20BrNO3S/c1-10-5-4-6-11(2)16(10)20(17,18)14-9-12(15)7-8-13(14)19-3/h7-11H,4-6H2,1-3H3. The molecule has 0 saturated carbocycles. The Bertz CT molecular complexity index is 578. The maximum absolute atomic E-state index is 13.0. The van der Waals surface area contributed by atoms with Crippen molar-refractivity contribution in [3.05, 3.63) is 22.7 Å². The lowest BCUT2D eigenvalue weighted by Crippen LogP contribution is -2.47. The van der Waals surface area contributed by atoms with Crippen molar-refractivity contribution >= 4 is 26.0 Å². The molecule has 1 saturated heterocycles. The van der Waals surface area contributed by atoms with Crippen LogP contribution in [0.4, 0.5) is 0 Å². The molecule has 1 aromatic carbocycles. The van der Waals surface area contributed by atoms with Gasteiger partial charge < -0.3 is 4.74 Å². The van der Waals surface area contributed by atoms with Crippen molar-refractivity contribution in [1.82, 2.24) is 4.31 Å². The van der Waals surface area contributed by atoms with Gasteiger partial charge in [0.25, 0.3) is 0 Å². The molecule has 4 nitrogen and oxygen atoms in total. The summed E-state index contributed by atoms with van der Waals surface area (Å²) in [6, 6.07) is 5.11. The number of nitrogens with zero attached hydrogens (tertiary/aromatic N) is 1. The quantitative estimate of drug-likeness (QED) is 0.828. The second-order valence-electron chi connectivity index (χ2n) is 5.26. The first-order valence-electron chi connectivity index (χ1n) is 6.75. The Hall–Kier alpha value is -0.590. The van der Waals surface area contributed by atoms with Crippen LogP contribution in [0.5, 0.6) is 5.75 Å². The minimum absolute atomic E-state index is 0.0208. The number of halogens is 1. The van der Waals surface area contributed by atoms with E-state index < -0.39 is 10.0 Å². The van der Waals surface area contributed by atoms with Crippen LogP contribution < -0.4 is 4.74 Å². The first kappa shape index (κ1) is 15.8. The molecule has 0 N–H and O–H groups in total. The van der Waals surface area contributed by atoms with Crippen molar-refractivity contribution in [1.29, 1.82) is 0 Å². The molecule has 0 radical (unpaired) electrons. The average Bonchev–Trinajstić information content (AvgIpc) is 2.38. The van der Waals surface area contributed by atoms with E-state index in [-0.39, 0.29) is 17.0 Å². The predicted molar refractivity (Wildman–Crippen MR) is 82.5 cm³/mol. The minimum atomic E-state index is -3.55. The monoisotopic (exact) mass is 361 g/mol. The van der Waals surface area contributed by atoms with E-state index in [9.17, 15) is 8.42 Å². The molecule has 0 spiro atoms. The van der Waals surface area contributed by atoms with Gasteiger partial charge in [0, 0.05) is 16.6 Å². The molecule has 0 bridgehead atoms. The molecular formula is C14H20BrNO3S. The van der Waals surface area contributed by atoms with Crippen molar-refractivity contribution in [3.63, 3.8) is 0 Å². The van der Waals surface area contributed by atoms with Crippen LogP contribution in [0.3, 0.4) is 0 Å². The van der Waals surface area contributed by atoms with Crippen LogP contribution in [0.15, 0.2) is 27.6 Å². The van der Waals surface area contributed by atoms with Crippen molar-refractivity contribution < 1.29 is 13.2 Å². The van der Waals surface area contributed by atoms with Gasteiger partial charge >= 0.3 is 0 Å². The van der Waals surface area contributed by atoms with Crippen molar-refractivity contribution in [2.45, 2.75) is 50.1 Å². The minimum Gasteiger partial charge on any atom is -0.495 e. The average molecular weight is 362 g/mol. The molecule has 0 aliphatic carbocycles. The lowest BCUT2D eigenvalue weighted by atomic mass is 10.0. The zero-order valence-electron chi connectivity index (χ0n) is 12.0. The Labute approximate surface area is 129 Å². The molecular weight excluding hydrogens is 342 g/mol. The third kappa shape index (κ3) is 2.87. The van der Waals surface area contributed by atoms with Gasteiger partial charge in [0.15, 0.2) is 0 Å². The van der Waals surface area contributed by atoms with Gasteiger partial charge in [-0.3, -0.25) is 0 Å². The molecule has 2 rings (SSSR count). The smallest absolute Gasteiger partial charge is 0.247 e. The zero-order chi connectivity index (χ0) is 14.9. The van der Waals surface area contributed by atoms with Crippen LogP contribution in [0.25, 0.3) is 0 Å². The number of sulfonamides is 1. The zero-order valence-corrected chi connectivity index (χ0v) is 14.4. The third-order valence-electron chi connectivity index (χ3n) is 3.79. The maximum atomic E-state index is 13.0. The number of rotatable bonds is 3. The highest BCUT2D eigenvalue weighted by molar-refractivity contribution is 9.10. The number of hydrogen-bond acceptors (Lipinski definition) is 3. The van der Waals surface area contributed by atoms with E-state index >= 15 is 0 Å². The molecule has 1 aliphatic heterocycles. The topological polar surface area (TPSA) is 46.6 Å². The molecule has 0 amide bonds. The normalized spacial score (nSPS) is 24.6. The molecule has 1 aliphatic rings. The van der Waals surface area contributed by atoms with Gasteiger partial charge in [0.1, 0.15) is 10.6 Å². The summed E-state index contributed by atoms with van der Waals surface area (Å²) >= 11 is 3.33. The maximum Gasteiger partial charge on any atom is 0.247 e. The first-order valence-corrected chi connectivity index (χ1v) is 8.98. The molecule has 20 heavy (non-hydrogen) atoms. The number of ether oxygens (including phenoxy) is 1. The van der Waals surface area contributed by atoms with Crippen LogP contribution in [0.2, 0.25) is 0 Å². The van der Waals surface area contributed by atoms with Crippen LogP contribution in [0, 0.1) is 0 Å². The summed E-state index contributed by atoms with van der Waals surface area (Å²) in [5, 5.41) is 0. The summed E-state index contributed by atoms with van der Waals surface area (Å²) in [7, 11) is -2.06. The summed E-state index contributed by atoms with van der Waals surface area (Å²) < 4.78 is 33.5. The number of benzene rings is 1. The van der Waals surface area contributed by atoms with Crippen LogP contribution in [-0.2, 0) is 10.0 Å². The van der Waals surface area contributed by atoms with E-state index in [2.05, 4.69) is 15.9 Å². The second-order valence-corrected chi connectivity index (χ2v) is 7.99. The molecule has 1 fully saturated rings. The van der Waals surface area contributed by atoms with Gasteiger partial charge in [-0.2, -0.15) is 4.31 Å². The van der Waals surface area contributed by atoms with Gasteiger partial charge in [0.05, 0.1) is 7.11 Å². The predicted octanol–water partition coefficient (Wildman–Crippen LogP) is 3.41. The highest BCUT2D eigenvalue weighted by atomic mass is 79.9. The Morgan fingerprint density at radius 3 is 2.40 bits per heavy atom. The van der Waals surface area contributed by atoms with Crippen LogP contribution in [-0.4, -0.2) is 31.9 Å². The summed E-state index contributed by atoms with van der Waals surface area (Å²) in [5.74, 6) is 0.387. The Morgan fingerprint density at radius 2 is 1.85 bits per heavy atom. The molecule has 0 aromatic heterocycles. The molecule has 2 unspecified atom stereocenters. The molecule has 2 atom stereocenters. The molecule has 1 aromatic rings. The van der Waals surface area contributed by atoms with Gasteiger partial charge in [-0.25, -0.2) is 8.42 Å². The summed E-state index contributed by atoms with van der Waals surface area (Å²) in [4.78, 5) is 0.231. The van der Waals surface area contributed by atoms with E-state index in [1.54, 1.807) is 22.5 Å². The van der Waals surface area contributed by atoms with Crippen molar-refractivity contribution in [2.24, 2.45) is 0 Å². The van der Waals surface area contributed by atoms with E-state index in [0.29, 0.717) is 5.75 Å². The Morgan fingerprint density at radius 1 is 1.25 bits per heavy atom. The van der Waals surface area contributed by atoms with E-state index in [0.717, 1.165) is 23.7 Å². The van der Waals surface area contributed by atoms with Gasteiger partial charge in [-0.15, -0.1) is 0 Å².